The van der Waals surface area contributed by atoms with Gasteiger partial charge in [0.2, 0.25) is 12.7 Å². The molecule has 7 nitrogen and oxygen atoms in total. The molecule has 0 unspecified atom stereocenters. The van der Waals surface area contributed by atoms with E-state index < -0.39 is 0 Å². The third kappa shape index (κ3) is 4.70. The van der Waals surface area contributed by atoms with Crippen LogP contribution in [-0.2, 0) is 11.3 Å². The standard InChI is InChI=1S/C25H22N4O3S/c1-17-7-9-18(10-8-17)14-26-23(30)15-33-25-28-27-24(29(25)20-5-3-2-4-6-20)19-11-12-21-22(13-19)32-16-31-21/h2-13H,14-16H2,1H3,(H,26,30). The normalized spacial score (nSPS) is 12.0. The van der Waals surface area contributed by atoms with Crippen LogP contribution in [0.3, 0.4) is 0 Å². The first-order valence-electron chi connectivity index (χ1n) is 10.5. The molecule has 0 spiro atoms. The number of aryl methyl sites for hydroxylation is 1. The Morgan fingerprint density at radius 2 is 1.79 bits per heavy atom. The number of hydrogen-bond acceptors (Lipinski definition) is 6. The van der Waals surface area contributed by atoms with Crippen LogP contribution < -0.4 is 14.8 Å². The summed E-state index contributed by atoms with van der Waals surface area (Å²) in [4.78, 5) is 12.5. The van der Waals surface area contributed by atoms with E-state index in [0.29, 0.717) is 29.0 Å². The van der Waals surface area contributed by atoms with Crippen molar-refractivity contribution >= 4 is 17.7 Å². The van der Waals surface area contributed by atoms with Gasteiger partial charge in [0.15, 0.2) is 22.5 Å². The average molecular weight is 459 g/mol. The van der Waals surface area contributed by atoms with Gasteiger partial charge in [-0.3, -0.25) is 9.36 Å². The fourth-order valence-electron chi connectivity index (χ4n) is 3.48. The highest BCUT2D eigenvalue weighted by Gasteiger charge is 2.20. The number of benzene rings is 3. The van der Waals surface area contributed by atoms with Crippen LogP contribution in [0.2, 0.25) is 0 Å². The van der Waals surface area contributed by atoms with Gasteiger partial charge in [-0.15, -0.1) is 10.2 Å². The molecule has 3 aromatic carbocycles. The molecule has 1 amide bonds. The molecule has 0 fully saturated rings. The fraction of sp³-hybridized carbons (Fsp3) is 0.160. The smallest absolute Gasteiger partial charge is 0.231 e. The Labute approximate surface area is 195 Å². The van der Waals surface area contributed by atoms with E-state index in [9.17, 15) is 4.79 Å². The average Bonchev–Trinajstić information content (AvgIpc) is 3.49. The number of fused-ring (bicyclic) bond motifs is 1. The summed E-state index contributed by atoms with van der Waals surface area (Å²) in [7, 11) is 0. The Kier molecular flexibility index (Phi) is 5.99. The zero-order valence-corrected chi connectivity index (χ0v) is 18.8. The monoisotopic (exact) mass is 458 g/mol. The van der Waals surface area contributed by atoms with Crippen molar-refractivity contribution in [3.05, 3.63) is 83.9 Å². The van der Waals surface area contributed by atoms with Crippen molar-refractivity contribution in [1.29, 1.82) is 0 Å². The van der Waals surface area contributed by atoms with Crippen LogP contribution >= 0.6 is 11.8 Å². The third-order valence-corrected chi connectivity index (χ3v) is 6.15. The first-order valence-corrected chi connectivity index (χ1v) is 11.5. The summed E-state index contributed by atoms with van der Waals surface area (Å²) in [5, 5.41) is 12.4. The number of carbonyl (C=O) groups is 1. The molecule has 33 heavy (non-hydrogen) atoms. The van der Waals surface area contributed by atoms with E-state index in [1.807, 2.05) is 84.3 Å². The first-order chi connectivity index (χ1) is 16.2. The van der Waals surface area contributed by atoms with Crippen molar-refractivity contribution in [2.24, 2.45) is 0 Å². The molecule has 0 radical (unpaired) electrons. The van der Waals surface area contributed by atoms with Gasteiger partial charge in [0.25, 0.3) is 0 Å². The highest BCUT2D eigenvalue weighted by molar-refractivity contribution is 7.99. The molecule has 0 aliphatic carbocycles. The van der Waals surface area contributed by atoms with Gasteiger partial charge in [-0.05, 0) is 42.8 Å². The molecule has 0 atom stereocenters. The van der Waals surface area contributed by atoms with Gasteiger partial charge in [-0.2, -0.15) is 0 Å². The summed E-state index contributed by atoms with van der Waals surface area (Å²) in [5.41, 5.74) is 4.03. The summed E-state index contributed by atoms with van der Waals surface area (Å²) in [6.07, 6.45) is 0. The summed E-state index contributed by atoms with van der Waals surface area (Å²) in [6, 6.07) is 23.7. The van der Waals surface area contributed by atoms with Crippen molar-refractivity contribution in [1.82, 2.24) is 20.1 Å². The number of carbonyl (C=O) groups excluding carboxylic acids is 1. The zero-order chi connectivity index (χ0) is 22.6. The minimum Gasteiger partial charge on any atom is -0.454 e. The second-order valence-corrected chi connectivity index (χ2v) is 8.54. The van der Waals surface area contributed by atoms with E-state index in [-0.39, 0.29) is 18.5 Å². The number of thioether (sulfide) groups is 1. The fourth-order valence-corrected chi connectivity index (χ4v) is 4.27. The van der Waals surface area contributed by atoms with Gasteiger partial charge in [0.1, 0.15) is 0 Å². The Balaban J connectivity index is 1.35. The predicted octanol–water partition coefficient (Wildman–Crippen LogP) is 4.38. The Morgan fingerprint density at radius 3 is 2.61 bits per heavy atom. The number of rotatable bonds is 7. The highest BCUT2D eigenvalue weighted by atomic mass is 32.2. The summed E-state index contributed by atoms with van der Waals surface area (Å²) in [5.74, 6) is 2.23. The number of aromatic nitrogens is 3. The summed E-state index contributed by atoms with van der Waals surface area (Å²) in [6.45, 7) is 2.75. The van der Waals surface area contributed by atoms with Crippen LogP contribution in [0.5, 0.6) is 11.5 Å². The first kappa shape index (κ1) is 21.1. The van der Waals surface area contributed by atoms with Crippen molar-refractivity contribution in [2.75, 3.05) is 12.5 Å². The lowest BCUT2D eigenvalue weighted by Gasteiger charge is -2.11. The van der Waals surface area contributed by atoms with E-state index in [0.717, 1.165) is 16.8 Å². The molecule has 166 valence electrons. The van der Waals surface area contributed by atoms with Crippen LogP contribution in [0, 0.1) is 6.92 Å². The van der Waals surface area contributed by atoms with Gasteiger partial charge in [0.05, 0.1) is 5.75 Å². The van der Waals surface area contributed by atoms with Crippen LogP contribution in [-0.4, -0.2) is 33.2 Å². The predicted molar refractivity (Wildman–Crippen MR) is 127 cm³/mol. The lowest BCUT2D eigenvalue weighted by molar-refractivity contribution is -0.118. The molecule has 1 aliphatic rings. The Morgan fingerprint density at radius 1 is 1.00 bits per heavy atom. The molecule has 1 aromatic heterocycles. The molecule has 5 rings (SSSR count). The molecule has 0 bridgehead atoms. The summed E-state index contributed by atoms with van der Waals surface area (Å²) < 4.78 is 12.9. The number of amides is 1. The zero-order valence-electron chi connectivity index (χ0n) is 18.0. The third-order valence-electron chi connectivity index (χ3n) is 5.22. The lowest BCUT2D eigenvalue weighted by Crippen LogP contribution is -2.24. The lowest BCUT2D eigenvalue weighted by atomic mass is 10.1. The van der Waals surface area contributed by atoms with Crippen LogP contribution in [0.15, 0.2) is 78.0 Å². The quantitative estimate of drug-likeness (QED) is 0.414. The van der Waals surface area contributed by atoms with Crippen LogP contribution in [0.4, 0.5) is 0 Å². The van der Waals surface area contributed by atoms with Gasteiger partial charge in [-0.25, -0.2) is 0 Å². The number of para-hydroxylation sites is 1. The topological polar surface area (TPSA) is 78.3 Å². The van der Waals surface area contributed by atoms with Gasteiger partial charge in [-0.1, -0.05) is 59.8 Å². The van der Waals surface area contributed by atoms with Gasteiger partial charge >= 0.3 is 0 Å². The van der Waals surface area contributed by atoms with Gasteiger partial charge < -0.3 is 14.8 Å². The molecule has 2 heterocycles. The van der Waals surface area contributed by atoms with Crippen molar-refractivity contribution in [3.63, 3.8) is 0 Å². The van der Waals surface area contributed by atoms with E-state index in [4.69, 9.17) is 9.47 Å². The molecule has 4 aromatic rings. The number of hydrogen-bond donors (Lipinski definition) is 1. The van der Waals surface area contributed by atoms with Crippen molar-refractivity contribution < 1.29 is 14.3 Å². The molecule has 0 saturated heterocycles. The minimum atomic E-state index is -0.0622. The maximum atomic E-state index is 12.5. The van der Waals surface area contributed by atoms with Crippen molar-refractivity contribution in [3.8, 4) is 28.6 Å². The second kappa shape index (κ2) is 9.38. The highest BCUT2D eigenvalue weighted by Crippen LogP contribution is 2.37. The number of nitrogens with zero attached hydrogens (tertiary/aromatic N) is 3. The molecule has 1 N–H and O–H groups in total. The van der Waals surface area contributed by atoms with Gasteiger partial charge in [0, 0.05) is 17.8 Å². The maximum Gasteiger partial charge on any atom is 0.231 e. The molecule has 0 saturated carbocycles. The number of nitrogens with one attached hydrogen (secondary N) is 1. The Hall–Kier alpha value is -3.78. The number of ether oxygens (including phenoxy) is 2. The molecular formula is C25H22N4O3S. The molecular weight excluding hydrogens is 436 g/mol. The largest absolute Gasteiger partial charge is 0.454 e. The Bertz CT molecular complexity index is 1270. The van der Waals surface area contributed by atoms with E-state index in [1.54, 1.807) is 0 Å². The molecule has 1 aliphatic heterocycles. The minimum absolute atomic E-state index is 0.0622. The second-order valence-electron chi connectivity index (χ2n) is 7.60. The van der Waals surface area contributed by atoms with E-state index in [1.165, 1.54) is 17.3 Å². The van der Waals surface area contributed by atoms with Crippen molar-refractivity contribution in [2.45, 2.75) is 18.6 Å². The summed E-state index contributed by atoms with van der Waals surface area (Å²) >= 11 is 1.35. The maximum absolute atomic E-state index is 12.5. The SMILES string of the molecule is Cc1ccc(CNC(=O)CSc2nnc(-c3ccc4c(c3)OCO4)n2-c2ccccc2)cc1. The van der Waals surface area contributed by atoms with E-state index in [2.05, 4.69) is 15.5 Å². The van der Waals surface area contributed by atoms with E-state index >= 15 is 0 Å². The molecule has 8 heteroatoms. The van der Waals surface area contributed by atoms with Crippen LogP contribution in [0.1, 0.15) is 11.1 Å². The van der Waals surface area contributed by atoms with Crippen LogP contribution in [0.25, 0.3) is 17.1 Å².